The Morgan fingerprint density at radius 1 is 1.15 bits per heavy atom. The number of rotatable bonds is 4. The lowest BCUT2D eigenvalue weighted by Crippen LogP contribution is -2.16. The van der Waals surface area contributed by atoms with E-state index in [1.165, 1.54) is 19.3 Å². The minimum absolute atomic E-state index is 1.09. The van der Waals surface area contributed by atoms with E-state index in [0.29, 0.717) is 0 Å². The molecule has 0 aliphatic heterocycles. The van der Waals surface area contributed by atoms with Gasteiger partial charge in [0.2, 0.25) is 0 Å². The monoisotopic (exact) mass is 194 g/mol. The van der Waals surface area contributed by atoms with Crippen LogP contribution in [0.3, 0.4) is 0 Å². The van der Waals surface area contributed by atoms with Gasteiger partial charge in [0.05, 0.1) is 0 Å². The van der Waals surface area contributed by atoms with Crippen molar-refractivity contribution in [1.29, 1.82) is 0 Å². The Morgan fingerprint density at radius 2 is 1.85 bits per heavy atom. The lowest BCUT2D eigenvalue weighted by Gasteiger charge is -2.03. The summed E-state index contributed by atoms with van der Waals surface area (Å²) < 4.78 is 0. The van der Waals surface area contributed by atoms with Crippen LogP contribution in [0.5, 0.6) is 0 Å². The van der Waals surface area contributed by atoms with Crippen LogP contribution in [0, 0.1) is 11.5 Å². The van der Waals surface area contributed by atoms with E-state index in [1.807, 2.05) is 0 Å². The summed E-state index contributed by atoms with van der Waals surface area (Å²) in [4.78, 5) is 0. The fourth-order valence-electron chi connectivity index (χ4n) is 0.970. The molecule has 0 bridgehead atoms. The predicted molar refractivity (Wildman–Crippen MR) is 64.4 cm³/mol. The van der Waals surface area contributed by atoms with E-state index in [4.69, 9.17) is 0 Å². The molecule has 74 valence electrons. The molecule has 0 unspecified atom stereocenters. The highest BCUT2D eigenvalue weighted by Crippen LogP contribution is 2.01. The molecule has 0 radical (unpaired) electrons. The summed E-state index contributed by atoms with van der Waals surface area (Å²) in [6, 6.07) is 0. The summed E-state index contributed by atoms with van der Waals surface area (Å²) in [6.45, 7) is 8.95. The Labute approximate surface area is 84.4 Å². The molecule has 0 spiro atoms. The van der Waals surface area contributed by atoms with Crippen molar-refractivity contribution in [2.75, 3.05) is 0 Å². The molecule has 0 aliphatic rings. The summed E-state index contributed by atoms with van der Waals surface area (Å²) in [5.74, 6) is 3.29. The van der Waals surface area contributed by atoms with Crippen molar-refractivity contribution in [2.45, 2.75) is 52.2 Å². The van der Waals surface area contributed by atoms with Crippen molar-refractivity contribution in [3.63, 3.8) is 0 Å². The van der Waals surface area contributed by atoms with E-state index in [-0.39, 0.29) is 0 Å². The molecule has 0 aromatic heterocycles. The van der Waals surface area contributed by atoms with E-state index in [1.54, 1.807) is 0 Å². The first-order valence-corrected chi connectivity index (χ1v) is 8.67. The van der Waals surface area contributed by atoms with Gasteiger partial charge in [0.1, 0.15) is 8.07 Å². The van der Waals surface area contributed by atoms with E-state index in [2.05, 4.69) is 50.2 Å². The van der Waals surface area contributed by atoms with Gasteiger partial charge in [0, 0.05) is 6.42 Å². The van der Waals surface area contributed by atoms with Crippen LogP contribution in [0.15, 0.2) is 12.2 Å². The standard InChI is InChI=1S/C12H22Si/c1-5-6-7-8-9-10-11-12-13(2,3)4/h5-6H,7-10H2,1-4H3/b6-5-. The minimum atomic E-state index is -1.11. The summed E-state index contributed by atoms with van der Waals surface area (Å²) in [6.07, 6.45) is 9.18. The van der Waals surface area contributed by atoms with Crippen molar-refractivity contribution in [3.05, 3.63) is 12.2 Å². The minimum Gasteiger partial charge on any atom is -0.132 e. The molecule has 0 aromatic rings. The number of hydrogen-bond acceptors (Lipinski definition) is 0. The molecule has 0 atom stereocenters. The molecule has 0 amide bonds. The SMILES string of the molecule is C/C=C\CCCCC#C[Si](C)(C)C. The second kappa shape index (κ2) is 6.97. The third-order valence-corrected chi connectivity index (χ3v) is 2.55. The highest BCUT2D eigenvalue weighted by molar-refractivity contribution is 6.83. The van der Waals surface area contributed by atoms with Gasteiger partial charge in [-0.2, -0.15) is 0 Å². The van der Waals surface area contributed by atoms with Gasteiger partial charge in [-0.1, -0.05) is 31.8 Å². The van der Waals surface area contributed by atoms with Crippen LogP contribution < -0.4 is 0 Å². The molecule has 0 nitrogen and oxygen atoms in total. The maximum absolute atomic E-state index is 3.38. The van der Waals surface area contributed by atoms with Crippen LogP contribution in [0.25, 0.3) is 0 Å². The van der Waals surface area contributed by atoms with Gasteiger partial charge in [0.25, 0.3) is 0 Å². The first-order chi connectivity index (χ1) is 6.06. The van der Waals surface area contributed by atoms with Gasteiger partial charge in [0.15, 0.2) is 0 Å². The van der Waals surface area contributed by atoms with E-state index >= 15 is 0 Å². The lowest BCUT2D eigenvalue weighted by molar-refractivity contribution is 0.771. The molecular formula is C12H22Si. The van der Waals surface area contributed by atoms with Gasteiger partial charge >= 0.3 is 0 Å². The smallest absolute Gasteiger partial charge is 0.129 e. The molecular weight excluding hydrogens is 172 g/mol. The Hall–Kier alpha value is -0.483. The largest absolute Gasteiger partial charge is 0.132 e. The molecule has 0 aromatic carbocycles. The van der Waals surface area contributed by atoms with E-state index < -0.39 is 8.07 Å². The van der Waals surface area contributed by atoms with Crippen molar-refractivity contribution in [2.24, 2.45) is 0 Å². The van der Waals surface area contributed by atoms with Crippen LogP contribution in [-0.2, 0) is 0 Å². The summed E-state index contributed by atoms with van der Waals surface area (Å²) in [5, 5.41) is 0. The van der Waals surface area contributed by atoms with Gasteiger partial charge in [-0.25, -0.2) is 0 Å². The van der Waals surface area contributed by atoms with Crippen LogP contribution >= 0.6 is 0 Å². The highest BCUT2D eigenvalue weighted by Gasteiger charge is 2.06. The summed E-state index contributed by atoms with van der Waals surface area (Å²) >= 11 is 0. The van der Waals surface area contributed by atoms with Gasteiger partial charge in [-0.15, -0.1) is 11.5 Å². The third-order valence-electron chi connectivity index (χ3n) is 1.62. The first-order valence-electron chi connectivity index (χ1n) is 5.17. The Morgan fingerprint density at radius 3 is 2.38 bits per heavy atom. The maximum Gasteiger partial charge on any atom is 0.129 e. The lowest BCUT2D eigenvalue weighted by atomic mass is 10.2. The predicted octanol–water partition coefficient (Wildman–Crippen LogP) is 4.00. The normalized spacial score (nSPS) is 11.4. The fraction of sp³-hybridized carbons (Fsp3) is 0.667. The average Bonchev–Trinajstić information content (AvgIpc) is 2.01. The third kappa shape index (κ3) is 11.5. The molecule has 0 saturated carbocycles. The second-order valence-corrected chi connectivity index (χ2v) is 9.12. The molecule has 0 fully saturated rings. The molecule has 1 heteroatoms. The van der Waals surface area contributed by atoms with Crippen molar-refractivity contribution in [3.8, 4) is 11.5 Å². The maximum atomic E-state index is 3.38. The van der Waals surface area contributed by atoms with E-state index in [0.717, 1.165) is 6.42 Å². The molecule has 0 saturated heterocycles. The number of hydrogen-bond donors (Lipinski definition) is 0. The molecule has 0 N–H and O–H groups in total. The average molecular weight is 194 g/mol. The summed E-state index contributed by atoms with van der Waals surface area (Å²) in [7, 11) is -1.11. The Balaban J connectivity index is 3.39. The van der Waals surface area contributed by atoms with Crippen LogP contribution in [0.1, 0.15) is 32.6 Å². The first kappa shape index (κ1) is 12.5. The number of allylic oxidation sites excluding steroid dienone is 2. The Bertz CT molecular complexity index is 197. The van der Waals surface area contributed by atoms with Crippen molar-refractivity contribution >= 4 is 8.07 Å². The van der Waals surface area contributed by atoms with Gasteiger partial charge in [-0.3, -0.25) is 0 Å². The topological polar surface area (TPSA) is 0 Å². The van der Waals surface area contributed by atoms with Crippen molar-refractivity contribution < 1.29 is 0 Å². The Kier molecular flexibility index (Phi) is 6.71. The quantitative estimate of drug-likeness (QED) is 0.275. The zero-order valence-corrected chi connectivity index (χ0v) is 10.5. The highest BCUT2D eigenvalue weighted by atomic mass is 28.3. The molecule has 0 aliphatic carbocycles. The van der Waals surface area contributed by atoms with Crippen LogP contribution in [0.4, 0.5) is 0 Å². The fourth-order valence-corrected chi connectivity index (χ4v) is 1.63. The second-order valence-electron chi connectivity index (χ2n) is 4.37. The van der Waals surface area contributed by atoms with Crippen LogP contribution in [-0.4, -0.2) is 8.07 Å². The van der Waals surface area contributed by atoms with Crippen molar-refractivity contribution in [1.82, 2.24) is 0 Å². The van der Waals surface area contributed by atoms with E-state index in [9.17, 15) is 0 Å². The molecule has 0 rings (SSSR count). The number of unbranched alkanes of at least 4 members (excludes halogenated alkanes) is 3. The van der Waals surface area contributed by atoms with Crippen LogP contribution in [0.2, 0.25) is 19.6 Å². The zero-order chi connectivity index (χ0) is 10.2. The van der Waals surface area contributed by atoms with Gasteiger partial charge in [-0.05, 0) is 26.2 Å². The molecule has 0 heterocycles. The molecule has 13 heavy (non-hydrogen) atoms. The van der Waals surface area contributed by atoms with Gasteiger partial charge < -0.3 is 0 Å². The zero-order valence-electron chi connectivity index (χ0n) is 9.48. The summed E-state index contributed by atoms with van der Waals surface area (Å²) in [5.41, 5.74) is 3.38.